The number of nitrogens with one attached hydrogen (secondary N) is 2. The van der Waals surface area contributed by atoms with Gasteiger partial charge in [0, 0.05) is 29.7 Å². The van der Waals surface area contributed by atoms with Crippen LogP contribution in [0.1, 0.15) is 0 Å². The van der Waals surface area contributed by atoms with Crippen molar-refractivity contribution in [3.8, 4) is 11.8 Å². The van der Waals surface area contributed by atoms with Crippen LogP contribution in [0.15, 0.2) is 60.3 Å². The highest BCUT2D eigenvalue weighted by atomic mass is 16.6. The molecule has 25 heavy (non-hydrogen) atoms. The minimum Gasteiger partial charge on any atom is -0.497 e. The molecule has 2 N–H and O–H groups in total. The van der Waals surface area contributed by atoms with Crippen LogP contribution in [-0.2, 0) is 4.79 Å². The zero-order valence-electron chi connectivity index (χ0n) is 13.2. The van der Waals surface area contributed by atoms with Crippen molar-refractivity contribution in [2.45, 2.75) is 0 Å². The van der Waals surface area contributed by atoms with Crippen molar-refractivity contribution in [1.29, 1.82) is 5.26 Å². The van der Waals surface area contributed by atoms with Crippen molar-refractivity contribution < 1.29 is 14.5 Å². The average Bonchev–Trinajstić information content (AvgIpc) is 2.63. The SMILES string of the molecule is COc1ccc(NC(=O)/C(C#N)=C\Nc2ccc([N+](=O)[O-])cc2)cc1. The van der Waals surface area contributed by atoms with E-state index in [4.69, 9.17) is 10.00 Å². The first-order chi connectivity index (χ1) is 12.0. The lowest BCUT2D eigenvalue weighted by atomic mass is 10.2. The van der Waals surface area contributed by atoms with Crippen LogP contribution in [0.5, 0.6) is 5.75 Å². The quantitative estimate of drug-likeness (QED) is 0.362. The fourth-order valence-electron chi connectivity index (χ4n) is 1.86. The number of nitrogens with zero attached hydrogens (tertiary/aromatic N) is 2. The summed E-state index contributed by atoms with van der Waals surface area (Å²) in [6, 6.07) is 14.0. The number of non-ortho nitro benzene ring substituents is 1. The molecule has 2 aromatic carbocycles. The van der Waals surface area contributed by atoms with Gasteiger partial charge in [0.25, 0.3) is 11.6 Å². The van der Waals surface area contributed by atoms with Crippen LogP contribution in [0.3, 0.4) is 0 Å². The number of hydrogen-bond acceptors (Lipinski definition) is 6. The maximum Gasteiger partial charge on any atom is 0.269 e. The number of nitriles is 1. The standard InChI is InChI=1S/C17H14N4O4/c1-25-16-8-4-14(5-9-16)20-17(22)12(10-18)11-19-13-2-6-15(7-3-13)21(23)24/h2-9,11,19H,1H3,(H,20,22)/b12-11-. The summed E-state index contributed by atoms with van der Waals surface area (Å²) in [5, 5.41) is 25.1. The molecule has 0 unspecified atom stereocenters. The second kappa shape index (κ2) is 8.12. The van der Waals surface area contributed by atoms with Crippen molar-refractivity contribution in [3.63, 3.8) is 0 Å². The topological polar surface area (TPSA) is 117 Å². The van der Waals surface area contributed by atoms with E-state index in [9.17, 15) is 14.9 Å². The molecule has 8 heteroatoms. The van der Waals surface area contributed by atoms with Gasteiger partial charge in [0.05, 0.1) is 12.0 Å². The number of nitro groups is 1. The molecule has 2 aromatic rings. The molecule has 1 amide bonds. The van der Waals surface area contributed by atoms with Crippen molar-refractivity contribution in [3.05, 3.63) is 70.4 Å². The van der Waals surface area contributed by atoms with Crippen LogP contribution >= 0.6 is 0 Å². The highest BCUT2D eigenvalue weighted by Crippen LogP contribution is 2.17. The third kappa shape index (κ3) is 4.80. The third-order valence-electron chi connectivity index (χ3n) is 3.17. The summed E-state index contributed by atoms with van der Waals surface area (Å²) in [6.45, 7) is 0. The van der Waals surface area contributed by atoms with Gasteiger partial charge in [-0.3, -0.25) is 14.9 Å². The summed E-state index contributed by atoms with van der Waals surface area (Å²) in [5.74, 6) is 0.0657. The zero-order chi connectivity index (χ0) is 18.2. The van der Waals surface area contributed by atoms with Crippen LogP contribution in [0, 0.1) is 21.4 Å². The van der Waals surface area contributed by atoms with Gasteiger partial charge in [-0.2, -0.15) is 5.26 Å². The Hall–Kier alpha value is -3.86. The van der Waals surface area contributed by atoms with Crippen LogP contribution in [0.4, 0.5) is 17.1 Å². The van der Waals surface area contributed by atoms with Crippen molar-refractivity contribution >= 4 is 23.0 Å². The molecule has 0 heterocycles. The Morgan fingerprint density at radius 2 is 1.76 bits per heavy atom. The third-order valence-corrected chi connectivity index (χ3v) is 3.17. The van der Waals surface area contributed by atoms with Gasteiger partial charge in [-0.05, 0) is 36.4 Å². The first-order valence-corrected chi connectivity index (χ1v) is 7.10. The first-order valence-electron chi connectivity index (χ1n) is 7.10. The number of benzene rings is 2. The predicted molar refractivity (Wildman–Crippen MR) is 92.0 cm³/mol. The van der Waals surface area contributed by atoms with Gasteiger partial charge in [0.2, 0.25) is 0 Å². The van der Waals surface area contributed by atoms with Crippen molar-refractivity contribution in [1.82, 2.24) is 0 Å². The summed E-state index contributed by atoms with van der Waals surface area (Å²) >= 11 is 0. The Morgan fingerprint density at radius 3 is 2.28 bits per heavy atom. The van der Waals surface area contributed by atoms with E-state index >= 15 is 0 Å². The largest absolute Gasteiger partial charge is 0.497 e. The van der Waals surface area contributed by atoms with Crippen molar-refractivity contribution in [2.75, 3.05) is 17.7 Å². The van der Waals surface area contributed by atoms with Gasteiger partial charge in [-0.15, -0.1) is 0 Å². The highest BCUT2D eigenvalue weighted by molar-refractivity contribution is 6.06. The fraction of sp³-hybridized carbons (Fsp3) is 0.0588. The Balaban J connectivity index is 2.04. The highest BCUT2D eigenvalue weighted by Gasteiger charge is 2.10. The number of carbonyl (C=O) groups excluding carboxylic acids is 1. The van der Waals surface area contributed by atoms with Gasteiger partial charge in [0.1, 0.15) is 17.4 Å². The number of amides is 1. The van der Waals surface area contributed by atoms with Crippen LogP contribution in [-0.4, -0.2) is 17.9 Å². The van der Waals surface area contributed by atoms with Crippen LogP contribution in [0.25, 0.3) is 0 Å². The second-order valence-corrected chi connectivity index (χ2v) is 4.80. The summed E-state index contributed by atoms with van der Waals surface area (Å²) in [7, 11) is 1.54. The average molecular weight is 338 g/mol. The number of hydrogen-bond donors (Lipinski definition) is 2. The lowest BCUT2D eigenvalue weighted by molar-refractivity contribution is -0.384. The summed E-state index contributed by atoms with van der Waals surface area (Å²) in [4.78, 5) is 22.2. The molecule has 0 aromatic heterocycles. The molecule has 0 radical (unpaired) electrons. The Labute approximate surface area is 143 Å². The van der Waals surface area contributed by atoms with E-state index in [2.05, 4.69) is 10.6 Å². The molecule has 0 aliphatic heterocycles. The Kier molecular flexibility index (Phi) is 5.68. The molecule has 0 bridgehead atoms. The summed E-state index contributed by atoms with van der Waals surface area (Å²) in [6.07, 6.45) is 1.24. The molecule has 126 valence electrons. The number of methoxy groups -OCH3 is 1. The normalized spacial score (nSPS) is 10.5. The van der Waals surface area contributed by atoms with E-state index in [1.165, 1.54) is 37.6 Å². The predicted octanol–water partition coefficient (Wildman–Crippen LogP) is 3.06. The number of rotatable bonds is 6. The molecule has 0 aliphatic carbocycles. The molecule has 0 saturated heterocycles. The number of ether oxygens (including phenoxy) is 1. The molecule has 0 atom stereocenters. The molecule has 8 nitrogen and oxygen atoms in total. The lowest BCUT2D eigenvalue weighted by Crippen LogP contribution is -2.14. The molecule has 0 fully saturated rings. The summed E-state index contributed by atoms with van der Waals surface area (Å²) < 4.78 is 5.02. The van der Waals surface area contributed by atoms with E-state index in [0.29, 0.717) is 17.1 Å². The minimum atomic E-state index is -0.581. The van der Waals surface area contributed by atoms with Gasteiger partial charge in [-0.1, -0.05) is 0 Å². The number of nitro benzene ring substituents is 1. The molecule has 0 saturated carbocycles. The Morgan fingerprint density at radius 1 is 1.16 bits per heavy atom. The van der Waals surface area contributed by atoms with Gasteiger partial charge < -0.3 is 15.4 Å². The van der Waals surface area contributed by atoms with E-state index in [1.807, 2.05) is 0 Å². The first kappa shape index (κ1) is 17.5. The van der Waals surface area contributed by atoms with Crippen LogP contribution in [0.2, 0.25) is 0 Å². The maximum absolute atomic E-state index is 12.1. The van der Waals surface area contributed by atoms with E-state index in [1.54, 1.807) is 30.3 Å². The van der Waals surface area contributed by atoms with E-state index in [0.717, 1.165) is 0 Å². The molecular weight excluding hydrogens is 324 g/mol. The molecule has 2 rings (SSSR count). The maximum atomic E-state index is 12.1. The molecule has 0 spiro atoms. The molecule has 0 aliphatic rings. The Bertz CT molecular complexity index is 836. The molecular formula is C17H14N4O4. The summed E-state index contributed by atoms with van der Waals surface area (Å²) in [5.41, 5.74) is 0.833. The fourth-order valence-corrected chi connectivity index (χ4v) is 1.86. The van der Waals surface area contributed by atoms with Gasteiger partial charge in [0.15, 0.2) is 0 Å². The second-order valence-electron chi connectivity index (χ2n) is 4.80. The van der Waals surface area contributed by atoms with E-state index in [-0.39, 0.29) is 11.3 Å². The zero-order valence-corrected chi connectivity index (χ0v) is 13.2. The number of carbonyl (C=O) groups is 1. The van der Waals surface area contributed by atoms with Gasteiger partial charge >= 0.3 is 0 Å². The monoisotopic (exact) mass is 338 g/mol. The number of anilines is 2. The van der Waals surface area contributed by atoms with E-state index < -0.39 is 10.8 Å². The van der Waals surface area contributed by atoms with Crippen LogP contribution < -0.4 is 15.4 Å². The van der Waals surface area contributed by atoms with Gasteiger partial charge in [-0.25, -0.2) is 0 Å². The lowest BCUT2D eigenvalue weighted by Gasteiger charge is -2.06. The van der Waals surface area contributed by atoms with Crippen molar-refractivity contribution in [2.24, 2.45) is 0 Å². The smallest absolute Gasteiger partial charge is 0.269 e. The minimum absolute atomic E-state index is 0.0488.